The summed E-state index contributed by atoms with van der Waals surface area (Å²) in [7, 11) is 0. The zero-order chi connectivity index (χ0) is 20.9. The Hall–Kier alpha value is -3.30. The Balaban J connectivity index is 1.44. The number of urea groups is 1. The van der Waals surface area contributed by atoms with E-state index >= 15 is 0 Å². The van der Waals surface area contributed by atoms with E-state index in [2.05, 4.69) is 20.5 Å². The highest BCUT2D eigenvalue weighted by molar-refractivity contribution is 5.94. The smallest absolute Gasteiger partial charge is 0.353 e. The number of hydrogen-bond acceptors (Lipinski definition) is 4. The molecule has 10 heteroatoms. The minimum atomic E-state index is -4.49. The summed E-state index contributed by atoms with van der Waals surface area (Å²) in [6, 6.07) is 9.54. The van der Waals surface area contributed by atoms with E-state index in [-0.39, 0.29) is 12.2 Å². The summed E-state index contributed by atoms with van der Waals surface area (Å²) in [5.41, 5.74) is -0.840. The second-order valence-electron chi connectivity index (χ2n) is 6.45. The number of piperazine rings is 1. The number of nitrogens with one attached hydrogen (secondary N) is 2. The van der Waals surface area contributed by atoms with Crippen LogP contribution in [0.1, 0.15) is 5.56 Å². The predicted octanol–water partition coefficient (Wildman–Crippen LogP) is 2.57. The minimum Gasteiger partial charge on any atom is -0.353 e. The fourth-order valence-corrected chi connectivity index (χ4v) is 2.93. The molecular formula is C19H20F3N5O2. The molecular weight excluding hydrogens is 387 g/mol. The maximum atomic E-state index is 12.7. The third-order valence-corrected chi connectivity index (χ3v) is 4.41. The van der Waals surface area contributed by atoms with Crippen LogP contribution in [0.2, 0.25) is 0 Å². The Labute approximate surface area is 165 Å². The molecule has 2 aromatic rings. The van der Waals surface area contributed by atoms with Crippen molar-refractivity contribution < 1.29 is 22.8 Å². The Kier molecular flexibility index (Phi) is 6.20. The van der Waals surface area contributed by atoms with Gasteiger partial charge in [0.15, 0.2) is 0 Å². The molecule has 1 saturated heterocycles. The average Bonchev–Trinajstić information content (AvgIpc) is 2.72. The summed E-state index contributed by atoms with van der Waals surface area (Å²) in [5, 5.41) is 4.84. The van der Waals surface area contributed by atoms with Crippen LogP contribution in [-0.4, -0.2) is 54.5 Å². The first kappa shape index (κ1) is 20.4. The molecule has 1 aliphatic heterocycles. The van der Waals surface area contributed by atoms with Gasteiger partial charge in [-0.3, -0.25) is 4.79 Å². The second kappa shape index (κ2) is 8.80. The molecule has 1 aromatic carbocycles. The highest BCUT2D eigenvalue weighted by Gasteiger charge is 2.30. The van der Waals surface area contributed by atoms with E-state index in [1.807, 2.05) is 18.2 Å². The summed E-state index contributed by atoms with van der Waals surface area (Å²) >= 11 is 0. The number of halogens is 3. The van der Waals surface area contributed by atoms with Crippen molar-refractivity contribution in [2.75, 3.05) is 42.9 Å². The predicted molar refractivity (Wildman–Crippen MR) is 101 cm³/mol. The molecule has 154 valence electrons. The topological polar surface area (TPSA) is 77.6 Å². The van der Waals surface area contributed by atoms with Gasteiger partial charge in [-0.1, -0.05) is 12.1 Å². The van der Waals surface area contributed by atoms with E-state index in [0.717, 1.165) is 18.0 Å². The van der Waals surface area contributed by atoms with E-state index in [0.29, 0.717) is 26.2 Å². The third-order valence-electron chi connectivity index (χ3n) is 4.41. The largest absolute Gasteiger partial charge is 0.416 e. The zero-order valence-corrected chi connectivity index (χ0v) is 15.4. The van der Waals surface area contributed by atoms with Crippen molar-refractivity contribution in [1.82, 2.24) is 15.2 Å². The van der Waals surface area contributed by atoms with E-state index in [9.17, 15) is 22.8 Å². The Morgan fingerprint density at radius 2 is 1.79 bits per heavy atom. The first-order valence-corrected chi connectivity index (χ1v) is 8.99. The summed E-state index contributed by atoms with van der Waals surface area (Å²) in [6.07, 6.45) is -2.79. The van der Waals surface area contributed by atoms with Crippen LogP contribution in [0.4, 0.5) is 29.5 Å². The molecule has 0 bridgehead atoms. The van der Waals surface area contributed by atoms with Gasteiger partial charge < -0.3 is 20.4 Å². The van der Waals surface area contributed by atoms with Crippen molar-refractivity contribution in [3.63, 3.8) is 0 Å². The second-order valence-corrected chi connectivity index (χ2v) is 6.45. The third kappa shape index (κ3) is 5.59. The number of benzene rings is 1. The SMILES string of the molecule is O=C(CNC(=O)N1CCN(c2ccccn2)CC1)Nc1cccc(C(F)(F)F)c1. The maximum absolute atomic E-state index is 12.7. The van der Waals surface area contributed by atoms with Gasteiger partial charge in [0.1, 0.15) is 5.82 Å². The standard InChI is InChI=1S/C19H20F3N5O2/c20-19(21,22)14-4-3-5-15(12-14)25-17(28)13-24-18(29)27-10-8-26(9-11-27)16-6-1-2-7-23-16/h1-7,12H,8-11,13H2,(H,24,29)(H,25,28). The first-order chi connectivity index (χ1) is 13.8. The molecule has 0 saturated carbocycles. The highest BCUT2D eigenvalue weighted by Crippen LogP contribution is 2.30. The normalized spacial score (nSPS) is 14.4. The number of carbonyl (C=O) groups excluding carboxylic acids is 2. The zero-order valence-electron chi connectivity index (χ0n) is 15.4. The Morgan fingerprint density at radius 1 is 1.03 bits per heavy atom. The molecule has 0 unspecified atom stereocenters. The van der Waals surface area contributed by atoms with Gasteiger partial charge >= 0.3 is 12.2 Å². The molecule has 3 amide bonds. The van der Waals surface area contributed by atoms with E-state index < -0.39 is 23.7 Å². The highest BCUT2D eigenvalue weighted by atomic mass is 19.4. The van der Waals surface area contributed by atoms with Crippen molar-refractivity contribution in [3.8, 4) is 0 Å². The van der Waals surface area contributed by atoms with Crippen LogP contribution in [0.3, 0.4) is 0 Å². The number of alkyl halides is 3. The van der Waals surface area contributed by atoms with Crippen LogP contribution in [0.25, 0.3) is 0 Å². The summed E-state index contributed by atoms with van der Waals surface area (Å²) in [5.74, 6) is 0.234. The van der Waals surface area contributed by atoms with Crippen LogP contribution in [0, 0.1) is 0 Å². The molecule has 2 heterocycles. The summed E-state index contributed by atoms with van der Waals surface area (Å²) in [4.78, 5) is 32.1. The van der Waals surface area contributed by atoms with E-state index in [1.165, 1.54) is 12.1 Å². The Morgan fingerprint density at radius 3 is 2.45 bits per heavy atom. The van der Waals surface area contributed by atoms with Crippen molar-refractivity contribution >= 4 is 23.4 Å². The maximum Gasteiger partial charge on any atom is 0.416 e. The molecule has 0 aliphatic carbocycles. The van der Waals surface area contributed by atoms with E-state index in [4.69, 9.17) is 0 Å². The molecule has 3 rings (SSSR count). The van der Waals surface area contributed by atoms with Crippen LogP contribution in [-0.2, 0) is 11.0 Å². The molecule has 7 nitrogen and oxygen atoms in total. The molecule has 1 aliphatic rings. The molecule has 2 N–H and O–H groups in total. The minimum absolute atomic E-state index is 0.0167. The number of pyridine rings is 1. The number of rotatable bonds is 4. The van der Waals surface area contributed by atoms with Gasteiger partial charge in [-0.2, -0.15) is 13.2 Å². The van der Waals surface area contributed by atoms with Crippen LogP contribution in [0.15, 0.2) is 48.7 Å². The van der Waals surface area contributed by atoms with Crippen LogP contribution >= 0.6 is 0 Å². The molecule has 0 atom stereocenters. The molecule has 0 radical (unpaired) electrons. The monoisotopic (exact) mass is 407 g/mol. The van der Waals surface area contributed by atoms with E-state index in [1.54, 1.807) is 11.1 Å². The lowest BCUT2D eigenvalue weighted by Crippen LogP contribution is -2.52. The quantitative estimate of drug-likeness (QED) is 0.817. The number of amides is 3. The van der Waals surface area contributed by atoms with Gasteiger partial charge in [-0.25, -0.2) is 9.78 Å². The van der Waals surface area contributed by atoms with Gasteiger partial charge in [0.2, 0.25) is 5.91 Å². The van der Waals surface area contributed by atoms with Gasteiger partial charge in [0, 0.05) is 38.1 Å². The average molecular weight is 407 g/mol. The lowest BCUT2D eigenvalue weighted by atomic mass is 10.2. The fraction of sp³-hybridized carbons (Fsp3) is 0.316. The lowest BCUT2D eigenvalue weighted by Gasteiger charge is -2.35. The molecule has 1 fully saturated rings. The number of hydrogen-bond donors (Lipinski definition) is 2. The van der Waals surface area contributed by atoms with Crippen molar-refractivity contribution in [3.05, 3.63) is 54.2 Å². The van der Waals surface area contributed by atoms with Crippen molar-refractivity contribution in [2.24, 2.45) is 0 Å². The number of nitrogens with zero attached hydrogens (tertiary/aromatic N) is 3. The number of carbonyl (C=O) groups is 2. The lowest BCUT2D eigenvalue weighted by molar-refractivity contribution is -0.137. The summed E-state index contributed by atoms with van der Waals surface area (Å²) in [6.45, 7) is 1.83. The van der Waals surface area contributed by atoms with Gasteiger partial charge in [0.25, 0.3) is 0 Å². The fourth-order valence-electron chi connectivity index (χ4n) is 2.93. The first-order valence-electron chi connectivity index (χ1n) is 8.99. The van der Waals surface area contributed by atoms with Gasteiger partial charge in [0.05, 0.1) is 12.1 Å². The summed E-state index contributed by atoms with van der Waals surface area (Å²) < 4.78 is 38.2. The van der Waals surface area contributed by atoms with Gasteiger partial charge in [-0.05, 0) is 30.3 Å². The van der Waals surface area contributed by atoms with Crippen molar-refractivity contribution in [2.45, 2.75) is 6.18 Å². The molecule has 1 aromatic heterocycles. The molecule has 0 spiro atoms. The van der Waals surface area contributed by atoms with Crippen LogP contribution < -0.4 is 15.5 Å². The molecule has 29 heavy (non-hydrogen) atoms. The van der Waals surface area contributed by atoms with Gasteiger partial charge in [-0.15, -0.1) is 0 Å². The van der Waals surface area contributed by atoms with Crippen molar-refractivity contribution in [1.29, 1.82) is 0 Å². The van der Waals surface area contributed by atoms with Crippen LogP contribution in [0.5, 0.6) is 0 Å². The number of anilines is 2. The Bertz CT molecular complexity index is 852. The number of aromatic nitrogens is 1.